The molecule has 0 radical (unpaired) electrons. The van der Waals surface area contributed by atoms with E-state index >= 15 is 0 Å². The zero-order valence-corrected chi connectivity index (χ0v) is 11.1. The topological polar surface area (TPSA) is 80.4 Å². The number of carboxylic acids is 1. The van der Waals surface area contributed by atoms with E-state index in [1.807, 2.05) is 0 Å². The predicted molar refractivity (Wildman–Crippen MR) is 72.3 cm³/mol. The molecular formula is C13H15NO4S. The zero-order valence-electron chi connectivity index (χ0n) is 10.3. The van der Waals surface area contributed by atoms with Crippen LogP contribution in [0.3, 0.4) is 0 Å². The van der Waals surface area contributed by atoms with Gasteiger partial charge in [-0.05, 0) is 37.8 Å². The molecule has 102 valence electrons. The number of nitro groups is 1. The van der Waals surface area contributed by atoms with E-state index in [9.17, 15) is 14.9 Å². The van der Waals surface area contributed by atoms with Crippen LogP contribution in [0.15, 0.2) is 29.2 Å². The standard InChI is InChI=1S/C13H15NO4S/c15-13(16)9-1-5-11(6-2-9)19-12-7-3-10(4-8-12)14(17)18/h3-4,7-9,11H,1-2,5-6H2,(H,15,16)/t9-,11+. The van der Waals surface area contributed by atoms with E-state index in [1.54, 1.807) is 23.9 Å². The maximum atomic E-state index is 10.9. The molecule has 2 rings (SSSR count). The third kappa shape index (κ3) is 3.70. The van der Waals surface area contributed by atoms with Gasteiger partial charge in [-0.2, -0.15) is 0 Å². The van der Waals surface area contributed by atoms with E-state index in [0.29, 0.717) is 5.25 Å². The van der Waals surface area contributed by atoms with E-state index in [4.69, 9.17) is 5.11 Å². The summed E-state index contributed by atoms with van der Waals surface area (Å²) < 4.78 is 0. The largest absolute Gasteiger partial charge is 0.481 e. The molecule has 1 fully saturated rings. The second kappa shape index (κ2) is 6.06. The van der Waals surface area contributed by atoms with Crippen LogP contribution in [-0.2, 0) is 4.79 Å². The highest BCUT2D eigenvalue weighted by atomic mass is 32.2. The van der Waals surface area contributed by atoms with Crippen molar-refractivity contribution in [1.82, 2.24) is 0 Å². The van der Waals surface area contributed by atoms with Crippen molar-refractivity contribution >= 4 is 23.4 Å². The number of carbonyl (C=O) groups is 1. The van der Waals surface area contributed by atoms with Crippen molar-refractivity contribution in [1.29, 1.82) is 0 Å². The van der Waals surface area contributed by atoms with Crippen molar-refractivity contribution in [2.24, 2.45) is 5.92 Å². The van der Waals surface area contributed by atoms with Crippen molar-refractivity contribution in [3.8, 4) is 0 Å². The van der Waals surface area contributed by atoms with Gasteiger partial charge in [0.2, 0.25) is 0 Å². The van der Waals surface area contributed by atoms with Gasteiger partial charge in [-0.3, -0.25) is 14.9 Å². The van der Waals surface area contributed by atoms with Crippen LogP contribution in [0, 0.1) is 16.0 Å². The number of thioether (sulfide) groups is 1. The summed E-state index contributed by atoms with van der Waals surface area (Å²) in [6, 6.07) is 6.52. The molecule has 1 aliphatic rings. The maximum absolute atomic E-state index is 10.9. The lowest BCUT2D eigenvalue weighted by Crippen LogP contribution is -2.22. The Hall–Kier alpha value is -1.56. The van der Waals surface area contributed by atoms with E-state index < -0.39 is 10.9 Å². The Morgan fingerprint density at radius 1 is 1.21 bits per heavy atom. The van der Waals surface area contributed by atoms with Crippen LogP contribution >= 0.6 is 11.8 Å². The van der Waals surface area contributed by atoms with Crippen molar-refractivity contribution in [2.75, 3.05) is 0 Å². The molecule has 1 aliphatic carbocycles. The van der Waals surface area contributed by atoms with Crippen LogP contribution in [0.5, 0.6) is 0 Å². The lowest BCUT2D eigenvalue weighted by atomic mass is 9.89. The van der Waals surface area contributed by atoms with Gasteiger partial charge in [0, 0.05) is 22.3 Å². The fourth-order valence-electron chi connectivity index (χ4n) is 2.27. The third-order valence-corrected chi connectivity index (χ3v) is 4.72. The van der Waals surface area contributed by atoms with Crippen molar-refractivity contribution < 1.29 is 14.8 Å². The molecular weight excluding hydrogens is 266 g/mol. The van der Waals surface area contributed by atoms with Crippen LogP contribution in [0.1, 0.15) is 25.7 Å². The first kappa shape index (κ1) is 13.9. The Morgan fingerprint density at radius 3 is 2.26 bits per heavy atom. The average molecular weight is 281 g/mol. The normalized spacial score (nSPS) is 22.9. The summed E-state index contributed by atoms with van der Waals surface area (Å²) >= 11 is 1.68. The predicted octanol–water partition coefficient (Wildman–Crippen LogP) is 3.33. The molecule has 0 aromatic heterocycles. The number of nitro benzene ring substituents is 1. The second-order valence-corrected chi connectivity index (χ2v) is 6.05. The fraction of sp³-hybridized carbons (Fsp3) is 0.462. The number of rotatable bonds is 4. The van der Waals surface area contributed by atoms with Gasteiger partial charge in [-0.1, -0.05) is 0 Å². The Labute approximate surface area is 115 Å². The quantitative estimate of drug-likeness (QED) is 0.676. The molecule has 1 aromatic carbocycles. The molecule has 1 N–H and O–H groups in total. The first-order chi connectivity index (χ1) is 9.06. The Morgan fingerprint density at radius 2 is 1.79 bits per heavy atom. The molecule has 0 unspecified atom stereocenters. The maximum Gasteiger partial charge on any atom is 0.306 e. The highest BCUT2D eigenvalue weighted by molar-refractivity contribution is 8.00. The van der Waals surface area contributed by atoms with Crippen LogP contribution in [0.25, 0.3) is 0 Å². The van der Waals surface area contributed by atoms with Gasteiger partial charge in [-0.25, -0.2) is 0 Å². The fourth-order valence-corrected chi connectivity index (χ4v) is 3.45. The third-order valence-electron chi connectivity index (χ3n) is 3.37. The van der Waals surface area contributed by atoms with Crippen LogP contribution in [0.4, 0.5) is 5.69 Å². The van der Waals surface area contributed by atoms with Gasteiger partial charge in [0.1, 0.15) is 0 Å². The van der Waals surface area contributed by atoms with E-state index in [1.165, 1.54) is 12.1 Å². The molecule has 6 heteroatoms. The zero-order chi connectivity index (χ0) is 13.8. The van der Waals surface area contributed by atoms with Crippen molar-refractivity contribution in [3.05, 3.63) is 34.4 Å². The summed E-state index contributed by atoms with van der Waals surface area (Å²) in [6.07, 6.45) is 3.22. The van der Waals surface area contributed by atoms with E-state index in [2.05, 4.69) is 0 Å². The van der Waals surface area contributed by atoms with Gasteiger partial charge >= 0.3 is 5.97 Å². The van der Waals surface area contributed by atoms with Crippen LogP contribution in [-0.4, -0.2) is 21.2 Å². The Bertz CT molecular complexity index is 466. The summed E-state index contributed by atoms with van der Waals surface area (Å²) in [6.45, 7) is 0. The molecule has 0 amide bonds. The summed E-state index contributed by atoms with van der Waals surface area (Å²) in [7, 11) is 0. The van der Waals surface area contributed by atoms with Gasteiger partial charge in [0.15, 0.2) is 0 Å². The molecule has 1 saturated carbocycles. The molecule has 0 heterocycles. The Balaban J connectivity index is 1.88. The number of aliphatic carboxylic acids is 1. The summed E-state index contributed by atoms with van der Waals surface area (Å²) in [5, 5.41) is 19.9. The summed E-state index contributed by atoms with van der Waals surface area (Å²) in [5.41, 5.74) is 0.0962. The minimum absolute atomic E-state index is 0.0962. The van der Waals surface area contributed by atoms with Gasteiger partial charge in [0.05, 0.1) is 10.8 Å². The minimum Gasteiger partial charge on any atom is -0.481 e. The average Bonchev–Trinajstić information content (AvgIpc) is 2.40. The smallest absolute Gasteiger partial charge is 0.306 e. The number of hydrogen-bond acceptors (Lipinski definition) is 4. The highest BCUT2D eigenvalue weighted by Crippen LogP contribution is 2.36. The molecule has 0 bridgehead atoms. The van der Waals surface area contributed by atoms with E-state index in [0.717, 1.165) is 30.6 Å². The van der Waals surface area contributed by atoms with Crippen LogP contribution < -0.4 is 0 Å². The minimum atomic E-state index is -0.696. The number of carboxylic acid groups (broad SMARTS) is 1. The summed E-state index contributed by atoms with van der Waals surface area (Å²) in [4.78, 5) is 22.0. The van der Waals surface area contributed by atoms with E-state index in [-0.39, 0.29) is 11.6 Å². The van der Waals surface area contributed by atoms with Crippen molar-refractivity contribution in [3.63, 3.8) is 0 Å². The SMILES string of the molecule is O=C(O)[C@H]1CC[C@@H](Sc2ccc([N+](=O)[O-])cc2)CC1. The monoisotopic (exact) mass is 281 g/mol. The number of benzene rings is 1. The van der Waals surface area contributed by atoms with Crippen LogP contribution in [0.2, 0.25) is 0 Å². The number of hydrogen-bond donors (Lipinski definition) is 1. The molecule has 0 saturated heterocycles. The first-order valence-corrected chi connectivity index (χ1v) is 7.08. The lowest BCUT2D eigenvalue weighted by molar-refractivity contribution is -0.384. The van der Waals surface area contributed by atoms with Crippen molar-refractivity contribution in [2.45, 2.75) is 35.8 Å². The first-order valence-electron chi connectivity index (χ1n) is 6.20. The molecule has 19 heavy (non-hydrogen) atoms. The number of nitrogens with zero attached hydrogens (tertiary/aromatic N) is 1. The number of non-ortho nitro benzene ring substituents is 1. The molecule has 5 nitrogen and oxygen atoms in total. The van der Waals surface area contributed by atoms with Gasteiger partial charge < -0.3 is 5.11 Å². The second-order valence-electron chi connectivity index (χ2n) is 4.68. The molecule has 0 aliphatic heterocycles. The van der Waals surface area contributed by atoms with Gasteiger partial charge in [-0.15, -0.1) is 11.8 Å². The lowest BCUT2D eigenvalue weighted by Gasteiger charge is -2.25. The summed E-state index contributed by atoms with van der Waals surface area (Å²) in [5.74, 6) is -0.896. The molecule has 0 spiro atoms. The van der Waals surface area contributed by atoms with Gasteiger partial charge in [0.25, 0.3) is 5.69 Å². The molecule has 1 aromatic rings. The highest BCUT2D eigenvalue weighted by Gasteiger charge is 2.26. The molecule has 0 atom stereocenters. The Kier molecular flexibility index (Phi) is 4.42.